The topological polar surface area (TPSA) is 56.0 Å². The maximum absolute atomic E-state index is 12.2. The molecular formula is C19H12Cl4N2O. The van der Waals surface area contributed by atoms with E-state index in [9.17, 15) is 4.79 Å². The van der Waals surface area contributed by atoms with Crippen molar-refractivity contribution in [2.45, 2.75) is 5.92 Å². The van der Waals surface area contributed by atoms with Crippen molar-refractivity contribution in [2.24, 2.45) is 5.73 Å². The second kappa shape index (κ2) is 7.85. The molecule has 132 valence electrons. The average molecular weight is 426 g/mol. The van der Waals surface area contributed by atoms with Crippen LogP contribution in [0.4, 0.5) is 0 Å². The largest absolute Gasteiger partial charge is 0.369 e. The summed E-state index contributed by atoms with van der Waals surface area (Å²) >= 11 is 24.9. The van der Waals surface area contributed by atoms with Gasteiger partial charge < -0.3 is 5.73 Å². The lowest BCUT2D eigenvalue weighted by molar-refractivity contribution is -0.118. The van der Waals surface area contributed by atoms with Crippen LogP contribution in [0.15, 0.2) is 54.6 Å². The molecule has 0 fully saturated rings. The monoisotopic (exact) mass is 424 g/mol. The number of benzene rings is 2. The highest BCUT2D eigenvalue weighted by Crippen LogP contribution is 2.37. The molecule has 3 nitrogen and oxygen atoms in total. The maximum Gasteiger partial charge on any atom is 0.231 e. The number of rotatable bonds is 4. The summed E-state index contributed by atoms with van der Waals surface area (Å²) in [5, 5.41) is 1.48. The molecule has 2 N–H and O–H groups in total. The zero-order valence-corrected chi connectivity index (χ0v) is 16.2. The third-order valence-corrected chi connectivity index (χ3v) is 5.34. The van der Waals surface area contributed by atoms with E-state index in [1.165, 1.54) is 0 Å². The molecule has 0 radical (unpaired) electrons. The zero-order valence-electron chi connectivity index (χ0n) is 13.2. The summed E-state index contributed by atoms with van der Waals surface area (Å²) in [4.78, 5) is 16.8. The summed E-state index contributed by atoms with van der Waals surface area (Å²) in [6, 6.07) is 15.5. The number of nitrogens with zero attached hydrogens (tertiary/aromatic N) is 1. The van der Waals surface area contributed by atoms with Gasteiger partial charge in [0, 0.05) is 21.2 Å². The molecule has 0 saturated carbocycles. The lowest BCUT2D eigenvalue weighted by atomic mass is 9.93. The summed E-state index contributed by atoms with van der Waals surface area (Å²) in [5.41, 5.74) is 7.68. The molecule has 0 aliphatic rings. The number of nitrogens with two attached hydrogens (primary N) is 1. The van der Waals surface area contributed by atoms with E-state index in [2.05, 4.69) is 4.98 Å². The van der Waals surface area contributed by atoms with Gasteiger partial charge >= 0.3 is 0 Å². The Hall–Kier alpha value is -1.78. The molecule has 3 rings (SSSR count). The van der Waals surface area contributed by atoms with Crippen LogP contribution in [-0.4, -0.2) is 10.9 Å². The third kappa shape index (κ3) is 3.67. The van der Waals surface area contributed by atoms with E-state index in [-0.39, 0.29) is 0 Å². The third-order valence-electron chi connectivity index (χ3n) is 3.87. The Bertz CT molecular complexity index is 971. The molecule has 2 aromatic carbocycles. The lowest BCUT2D eigenvalue weighted by Crippen LogP contribution is -2.24. The van der Waals surface area contributed by atoms with Crippen LogP contribution in [0, 0.1) is 0 Å². The minimum atomic E-state index is -0.894. The van der Waals surface area contributed by atoms with Gasteiger partial charge in [0.1, 0.15) is 5.92 Å². The summed E-state index contributed by atoms with van der Waals surface area (Å²) in [7, 11) is 0. The van der Waals surface area contributed by atoms with E-state index in [1.807, 2.05) is 0 Å². The predicted octanol–water partition coefficient (Wildman–Crippen LogP) is 5.98. The van der Waals surface area contributed by atoms with Crippen LogP contribution in [0.3, 0.4) is 0 Å². The number of carbonyl (C=O) groups excluding carboxylic acids is 1. The van der Waals surface area contributed by atoms with Gasteiger partial charge in [-0.05, 0) is 30.3 Å². The van der Waals surface area contributed by atoms with Crippen LogP contribution in [0.25, 0.3) is 11.3 Å². The van der Waals surface area contributed by atoms with E-state index < -0.39 is 11.8 Å². The molecule has 1 heterocycles. The summed E-state index contributed by atoms with van der Waals surface area (Å²) in [6.07, 6.45) is 0. The molecule has 26 heavy (non-hydrogen) atoms. The molecule has 0 bridgehead atoms. The van der Waals surface area contributed by atoms with Crippen LogP contribution < -0.4 is 5.73 Å². The van der Waals surface area contributed by atoms with Gasteiger partial charge in [-0.1, -0.05) is 70.7 Å². The molecule has 0 saturated heterocycles. The Balaban J connectivity index is 2.16. The fraction of sp³-hybridized carbons (Fsp3) is 0.0526. The number of hydrogen-bond acceptors (Lipinski definition) is 2. The van der Waals surface area contributed by atoms with E-state index in [0.29, 0.717) is 42.6 Å². The molecule has 0 aliphatic heterocycles. The summed E-state index contributed by atoms with van der Waals surface area (Å²) < 4.78 is 0. The first-order chi connectivity index (χ1) is 12.4. The number of aromatic nitrogens is 1. The Morgan fingerprint density at radius 1 is 0.846 bits per heavy atom. The molecule has 1 atom stereocenters. The van der Waals surface area contributed by atoms with Gasteiger partial charge in [-0.2, -0.15) is 0 Å². The van der Waals surface area contributed by atoms with Crippen molar-refractivity contribution >= 4 is 52.3 Å². The zero-order chi connectivity index (χ0) is 18.8. The van der Waals surface area contributed by atoms with E-state index in [0.717, 1.165) is 0 Å². The number of halogens is 4. The molecular weight excluding hydrogens is 414 g/mol. The van der Waals surface area contributed by atoms with Crippen molar-refractivity contribution in [3.8, 4) is 11.3 Å². The SMILES string of the molecule is NC(=O)C(c1cccc(-c2cccc(Cl)c2Cl)n1)c1c(Cl)cccc1Cl. The van der Waals surface area contributed by atoms with Crippen molar-refractivity contribution in [1.82, 2.24) is 4.98 Å². The van der Waals surface area contributed by atoms with Gasteiger partial charge in [-0.15, -0.1) is 0 Å². The van der Waals surface area contributed by atoms with Gasteiger partial charge in [0.05, 0.1) is 21.4 Å². The number of hydrogen-bond donors (Lipinski definition) is 1. The minimum Gasteiger partial charge on any atom is -0.369 e. The molecule has 7 heteroatoms. The van der Waals surface area contributed by atoms with E-state index in [4.69, 9.17) is 52.1 Å². The highest BCUT2D eigenvalue weighted by Gasteiger charge is 2.27. The van der Waals surface area contributed by atoms with Crippen molar-refractivity contribution in [3.05, 3.63) is 85.9 Å². The van der Waals surface area contributed by atoms with Crippen LogP contribution in [-0.2, 0) is 4.79 Å². The van der Waals surface area contributed by atoms with Gasteiger partial charge in [0.15, 0.2) is 0 Å². The van der Waals surface area contributed by atoms with Crippen LogP contribution >= 0.6 is 46.4 Å². The average Bonchev–Trinajstić information content (AvgIpc) is 2.60. The van der Waals surface area contributed by atoms with Gasteiger partial charge in [-0.3, -0.25) is 9.78 Å². The smallest absolute Gasteiger partial charge is 0.231 e. The highest BCUT2D eigenvalue weighted by atomic mass is 35.5. The number of primary amides is 1. The first-order valence-corrected chi connectivity index (χ1v) is 9.06. The van der Waals surface area contributed by atoms with Crippen molar-refractivity contribution < 1.29 is 4.79 Å². The Labute approximate surface area is 170 Å². The molecule has 1 unspecified atom stereocenters. The molecule has 3 aromatic rings. The first kappa shape index (κ1) is 19.0. The standard InChI is InChI=1S/C19H12Cl4N2O/c20-11-5-2-6-12(21)16(11)17(19(24)26)15-9-3-8-14(25-15)10-4-1-7-13(22)18(10)23/h1-9,17H,(H2,24,26). The molecule has 0 spiro atoms. The van der Waals surface area contributed by atoms with E-state index >= 15 is 0 Å². The maximum atomic E-state index is 12.2. The van der Waals surface area contributed by atoms with Crippen LogP contribution in [0.1, 0.15) is 17.2 Å². The Morgan fingerprint density at radius 2 is 1.42 bits per heavy atom. The molecule has 1 amide bonds. The normalized spacial score (nSPS) is 12.0. The Morgan fingerprint density at radius 3 is 2.08 bits per heavy atom. The van der Waals surface area contributed by atoms with Crippen LogP contribution in [0.2, 0.25) is 20.1 Å². The molecule has 1 aromatic heterocycles. The second-order valence-corrected chi connectivity index (χ2v) is 7.12. The van der Waals surface area contributed by atoms with Crippen molar-refractivity contribution in [3.63, 3.8) is 0 Å². The highest BCUT2D eigenvalue weighted by molar-refractivity contribution is 6.43. The number of pyridine rings is 1. The summed E-state index contributed by atoms with van der Waals surface area (Å²) in [5.74, 6) is -1.50. The van der Waals surface area contributed by atoms with Crippen molar-refractivity contribution in [1.29, 1.82) is 0 Å². The fourth-order valence-corrected chi connectivity index (χ4v) is 3.70. The molecule has 0 aliphatic carbocycles. The minimum absolute atomic E-state index is 0.342. The summed E-state index contributed by atoms with van der Waals surface area (Å²) in [6.45, 7) is 0. The quantitative estimate of drug-likeness (QED) is 0.558. The van der Waals surface area contributed by atoms with Gasteiger partial charge in [0.25, 0.3) is 0 Å². The van der Waals surface area contributed by atoms with Gasteiger partial charge in [0.2, 0.25) is 5.91 Å². The van der Waals surface area contributed by atoms with Crippen LogP contribution in [0.5, 0.6) is 0 Å². The van der Waals surface area contributed by atoms with Crippen molar-refractivity contribution in [2.75, 3.05) is 0 Å². The Kier molecular flexibility index (Phi) is 5.73. The van der Waals surface area contributed by atoms with E-state index in [1.54, 1.807) is 54.6 Å². The lowest BCUT2D eigenvalue weighted by Gasteiger charge is -2.17. The first-order valence-electron chi connectivity index (χ1n) is 7.54. The second-order valence-electron chi connectivity index (χ2n) is 5.52. The number of amides is 1. The predicted molar refractivity (Wildman–Crippen MR) is 107 cm³/mol. The fourth-order valence-electron chi connectivity index (χ4n) is 2.69. The van der Waals surface area contributed by atoms with Gasteiger partial charge in [-0.25, -0.2) is 0 Å². The number of carbonyl (C=O) groups is 1.